The van der Waals surface area contributed by atoms with Crippen molar-refractivity contribution >= 4 is 37.0 Å². The number of nitrogens with one attached hydrogen (secondary N) is 1. The zero-order valence-corrected chi connectivity index (χ0v) is 13.1. The van der Waals surface area contributed by atoms with Crippen LogP contribution >= 0.6 is 22.0 Å². The van der Waals surface area contributed by atoms with Crippen molar-refractivity contribution in [3.8, 4) is 0 Å². The average Bonchev–Trinajstić information content (AvgIpc) is 3.05. The number of hydrogen-bond acceptors (Lipinski definition) is 6. The summed E-state index contributed by atoms with van der Waals surface area (Å²) in [4.78, 5) is 12.0. The van der Waals surface area contributed by atoms with Crippen molar-refractivity contribution < 1.29 is 22.7 Å². The second-order valence-corrected chi connectivity index (χ2v) is 8.17. The van der Waals surface area contributed by atoms with E-state index in [2.05, 4.69) is 5.32 Å². The van der Waals surface area contributed by atoms with Gasteiger partial charge in [0.15, 0.2) is 0 Å². The van der Waals surface area contributed by atoms with E-state index in [4.69, 9.17) is 20.2 Å². The molecule has 1 unspecified atom stereocenters. The number of thiophene rings is 1. The van der Waals surface area contributed by atoms with Crippen molar-refractivity contribution in [1.82, 2.24) is 5.32 Å². The predicted molar refractivity (Wildman–Crippen MR) is 74.9 cm³/mol. The molecular weight excluding hydrogens is 326 g/mol. The van der Waals surface area contributed by atoms with Gasteiger partial charge >= 0.3 is 0 Å². The summed E-state index contributed by atoms with van der Waals surface area (Å²) in [7, 11) is 2.99. The van der Waals surface area contributed by atoms with Crippen LogP contribution in [0, 0.1) is 0 Å². The minimum Gasteiger partial charge on any atom is -0.378 e. The van der Waals surface area contributed by atoms with Gasteiger partial charge < -0.3 is 14.8 Å². The van der Waals surface area contributed by atoms with Crippen molar-refractivity contribution in [2.75, 3.05) is 26.9 Å². The molecular formula is C11H14ClNO5S2. The van der Waals surface area contributed by atoms with Gasteiger partial charge in [-0.05, 0) is 6.07 Å². The highest BCUT2D eigenvalue weighted by atomic mass is 35.7. The molecule has 20 heavy (non-hydrogen) atoms. The Hall–Kier alpha value is -0.670. The number of methoxy groups -OCH3 is 1. The van der Waals surface area contributed by atoms with E-state index >= 15 is 0 Å². The topological polar surface area (TPSA) is 81.7 Å². The maximum Gasteiger partial charge on any atom is 0.270 e. The van der Waals surface area contributed by atoms with Gasteiger partial charge in [0.05, 0.1) is 12.2 Å². The maximum absolute atomic E-state index is 12.0. The molecule has 1 amide bonds. The molecule has 1 N–H and O–H groups in total. The monoisotopic (exact) mass is 339 g/mol. The lowest BCUT2D eigenvalue weighted by Crippen LogP contribution is -2.44. The van der Waals surface area contributed by atoms with Crippen molar-refractivity contribution in [3.05, 3.63) is 17.0 Å². The highest BCUT2D eigenvalue weighted by Gasteiger charge is 2.35. The van der Waals surface area contributed by atoms with Crippen molar-refractivity contribution in [2.45, 2.75) is 16.2 Å². The van der Waals surface area contributed by atoms with Crippen LogP contribution in [0.15, 0.2) is 15.7 Å². The smallest absolute Gasteiger partial charge is 0.270 e. The van der Waals surface area contributed by atoms with Crippen LogP contribution in [-0.2, 0) is 18.5 Å². The molecule has 9 heteroatoms. The molecule has 2 rings (SSSR count). The summed E-state index contributed by atoms with van der Waals surface area (Å²) in [5.41, 5.74) is -0.244. The van der Waals surface area contributed by atoms with Crippen molar-refractivity contribution in [1.29, 1.82) is 0 Å². The Morgan fingerprint density at radius 2 is 2.40 bits per heavy atom. The summed E-state index contributed by atoms with van der Waals surface area (Å²) in [6.07, 6.45) is 0.703. The normalized spacial score (nSPS) is 22.9. The first-order chi connectivity index (χ1) is 9.36. The first-order valence-corrected chi connectivity index (χ1v) is 8.99. The predicted octanol–water partition coefficient (Wildman–Crippen LogP) is 1.21. The van der Waals surface area contributed by atoms with Gasteiger partial charge in [-0.3, -0.25) is 4.79 Å². The quantitative estimate of drug-likeness (QED) is 0.815. The van der Waals surface area contributed by atoms with Gasteiger partial charge in [-0.1, -0.05) is 0 Å². The van der Waals surface area contributed by atoms with Crippen molar-refractivity contribution in [2.24, 2.45) is 0 Å². The van der Waals surface area contributed by atoms with Crippen LogP contribution < -0.4 is 5.32 Å². The molecule has 1 aliphatic rings. The van der Waals surface area contributed by atoms with Gasteiger partial charge in [0, 0.05) is 42.7 Å². The fraction of sp³-hybridized carbons (Fsp3) is 0.545. The fourth-order valence-electron chi connectivity index (χ4n) is 1.87. The van der Waals surface area contributed by atoms with Crippen LogP contribution in [0.4, 0.5) is 0 Å². The van der Waals surface area contributed by atoms with Crippen LogP contribution in [0.5, 0.6) is 0 Å². The molecule has 112 valence electrons. The third-order valence-corrected chi connectivity index (χ3v) is 6.19. The first-order valence-electron chi connectivity index (χ1n) is 5.81. The van der Waals surface area contributed by atoms with Crippen LogP contribution in [0.2, 0.25) is 0 Å². The highest BCUT2D eigenvalue weighted by Crippen LogP contribution is 2.24. The van der Waals surface area contributed by atoms with E-state index in [1.807, 2.05) is 0 Å². The minimum atomic E-state index is -3.80. The highest BCUT2D eigenvalue weighted by molar-refractivity contribution is 8.15. The summed E-state index contributed by atoms with van der Waals surface area (Å²) in [5, 5.41) is 4.18. The summed E-state index contributed by atoms with van der Waals surface area (Å²) < 4.78 is 32.9. The molecule has 0 saturated carbocycles. The summed E-state index contributed by atoms with van der Waals surface area (Å²) in [6.45, 7) is 1.33. The third kappa shape index (κ3) is 3.50. The molecule has 0 radical (unpaired) electrons. The summed E-state index contributed by atoms with van der Waals surface area (Å²) >= 11 is 0.911. The molecule has 1 aliphatic heterocycles. The van der Waals surface area contributed by atoms with Crippen molar-refractivity contribution in [3.63, 3.8) is 0 Å². The first kappa shape index (κ1) is 15.7. The summed E-state index contributed by atoms with van der Waals surface area (Å²) in [6, 6.07) is 1.26. The number of halogens is 1. The van der Waals surface area contributed by atoms with E-state index in [-0.39, 0.29) is 15.7 Å². The Morgan fingerprint density at radius 1 is 1.65 bits per heavy atom. The lowest BCUT2D eigenvalue weighted by molar-refractivity contribution is -0.0148. The van der Waals surface area contributed by atoms with Gasteiger partial charge in [-0.15, -0.1) is 11.3 Å². The zero-order chi connectivity index (χ0) is 14.8. The van der Waals surface area contributed by atoms with E-state index in [0.717, 1.165) is 11.3 Å². The van der Waals surface area contributed by atoms with Gasteiger partial charge in [-0.2, -0.15) is 0 Å². The van der Waals surface area contributed by atoms with Crippen LogP contribution in [0.3, 0.4) is 0 Å². The van der Waals surface area contributed by atoms with Crippen LogP contribution in [0.25, 0.3) is 0 Å². The second-order valence-electron chi connectivity index (χ2n) is 4.46. The van der Waals surface area contributed by atoms with E-state index in [9.17, 15) is 13.2 Å². The number of rotatable bonds is 5. The van der Waals surface area contributed by atoms with Gasteiger partial charge in [0.2, 0.25) is 0 Å². The maximum atomic E-state index is 12.0. The third-order valence-electron chi connectivity index (χ3n) is 3.15. The van der Waals surface area contributed by atoms with E-state index in [1.165, 1.54) is 11.4 Å². The van der Waals surface area contributed by atoms with Crippen LogP contribution in [-0.4, -0.2) is 46.8 Å². The molecule has 2 heterocycles. The minimum absolute atomic E-state index is 0.0463. The Morgan fingerprint density at radius 3 is 2.90 bits per heavy atom. The molecule has 1 fully saturated rings. The summed E-state index contributed by atoms with van der Waals surface area (Å²) in [5.74, 6) is -0.365. The molecule has 1 atom stereocenters. The fourth-order valence-corrected chi connectivity index (χ4v) is 3.81. The zero-order valence-electron chi connectivity index (χ0n) is 10.7. The number of carbonyl (C=O) groups is 1. The van der Waals surface area contributed by atoms with E-state index < -0.39 is 14.7 Å². The molecule has 0 spiro atoms. The Labute approximate surface area is 125 Å². The molecule has 6 nitrogen and oxygen atoms in total. The van der Waals surface area contributed by atoms with Gasteiger partial charge in [0.25, 0.3) is 15.0 Å². The Kier molecular flexibility index (Phi) is 4.70. The van der Waals surface area contributed by atoms with Gasteiger partial charge in [0.1, 0.15) is 9.81 Å². The lowest BCUT2D eigenvalue weighted by atomic mass is 10.0. The Bertz CT molecular complexity index is 592. The molecule has 1 saturated heterocycles. The number of amides is 1. The average molecular weight is 340 g/mol. The molecule has 0 bridgehead atoms. The lowest BCUT2D eigenvalue weighted by Gasteiger charge is -2.25. The standard InChI is InChI=1S/C11H14ClNO5S2/c1-17-11(2-3-18-7-11)6-13-10(14)8-4-9(19-5-8)20(12,15)16/h4-5H,2-3,6-7H2,1H3,(H,13,14). The number of ether oxygens (including phenoxy) is 2. The number of carbonyl (C=O) groups excluding carboxylic acids is 1. The molecule has 1 aromatic heterocycles. The second kappa shape index (κ2) is 5.98. The number of hydrogen-bond donors (Lipinski definition) is 1. The molecule has 1 aromatic rings. The van der Waals surface area contributed by atoms with Crippen LogP contribution in [0.1, 0.15) is 16.8 Å². The van der Waals surface area contributed by atoms with Gasteiger partial charge in [-0.25, -0.2) is 8.42 Å². The van der Waals surface area contributed by atoms with E-state index in [1.54, 1.807) is 7.11 Å². The SMILES string of the molecule is COC1(CNC(=O)c2csc(S(=O)(=O)Cl)c2)CCOC1. The largest absolute Gasteiger partial charge is 0.378 e. The van der Waals surface area contributed by atoms with E-state index in [0.29, 0.717) is 26.2 Å². The molecule has 0 aromatic carbocycles. The molecule has 0 aliphatic carbocycles. The Balaban J connectivity index is 2.00.